The van der Waals surface area contributed by atoms with Crippen LogP contribution in [0.3, 0.4) is 0 Å². The molecular weight excluding hydrogens is 238 g/mol. The van der Waals surface area contributed by atoms with E-state index >= 15 is 0 Å². The summed E-state index contributed by atoms with van der Waals surface area (Å²) in [5.74, 6) is -0.955. The summed E-state index contributed by atoms with van der Waals surface area (Å²) >= 11 is 0. The molecule has 0 aliphatic heterocycles. The molecule has 0 aliphatic carbocycles. The van der Waals surface area contributed by atoms with Crippen LogP contribution in [0.2, 0.25) is 0 Å². The number of nitrogens with zero attached hydrogens (tertiary/aromatic N) is 1. The Bertz CT molecular complexity index is 751. The van der Waals surface area contributed by atoms with Crippen LogP contribution < -0.4 is 0 Å². The van der Waals surface area contributed by atoms with E-state index < -0.39 is 5.97 Å². The van der Waals surface area contributed by atoms with Crippen molar-refractivity contribution in [3.63, 3.8) is 0 Å². The lowest BCUT2D eigenvalue weighted by molar-refractivity contribution is 0.0698. The van der Waals surface area contributed by atoms with Gasteiger partial charge >= 0.3 is 5.97 Å². The summed E-state index contributed by atoms with van der Waals surface area (Å²) in [4.78, 5) is 15.5. The van der Waals surface area contributed by atoms with Crippen LogP contribution in [0.4, 0.5) is 0 Å². The third kappa shape index (κ3) is 1.95. The van der Waals surface area contributed by atoms with E-state index in [9.17, 15) is 9.90 Å². The molecule has 0 radical (unpaired) electrons. The van der Waals surface area contributed by atoms with Gasteiger partial charge in [0.05, 0.1) is 11.3 Å². The van der Waals surface area contributed by atoms with Gasteiger partial charge in [-0.2, -0.15) is 0 Å². The largest absolute Gasteiger partial charge is 0.478 e. The summed E-state index contributed by atoms with van der Waals surface area (Å²) < 4.78 is 0. The first-order valence-electron chi connectivity index (χ1n) is 5.94. The summed E-state index contributed by atoms with van der Waals surface area (Å²) in [6, 6.07) is 17.2. The van der Waals surface area contributed by atoms with E-state index in [1.54, 1.807) is 0 Å². The second kappa shape index (κ2) is 4.53. The van der Waals surface area contributed by atoms with Crippen LogP contribution in [0.1, 0.15) is 10.4 Å². The molecule has 2 aromatic carbocycles. The first-order chi connectivity index (χ1) is 9.27. The van der Waals surface area contributed by atoms with Gasteiger partial charge in [0, 0.05) is 17.1 Å². The van der Waals surface area contributed by atoms with Crippen molar-refractivity contribution in [1.29, 1.82) is 0 Å². The number of carboxylic acid groups (broad SMARTS) is 1. The number of hydrogen-bond acceptors (Lipinski definition) is 2. The number of aromatic nitrogens is 1. The summed E-state index contributed by atoms with van der Waals surface area (Å²) in [6.45, 7) is 0. The Balaban J connectivity index is 2.35. The Labute approximate surface area is 110 Å². The molecule has 3 heteroatoms. The summed E-state index contributed by atoms with van der Waals surface area (Å²) in [6.07, 6.45) is 1.42. The van der Waals surface area contributed by atoms with Gasteiger partial charge in [0.15, 0.2) is 0 Å². The molecule has 0 aliphatic rings. The Kier molecular flexibility index (Phi) is 2.72. The van der Waals surface area contributed by atoms with Gasteiger partial charge in [0.1, 0.15) is 0 Å². The smallest absolute Gasteiger partial charge is 0.337 e. The summed E-state index contributed by atoms with van der Waals surface area (Å²) in [5, 5.41) is 10.8. The lowest BCUT2D eigenvalue weighted by Gasteiger charge is -2.08. The predicted octanol–water partition coefficient (Wildman–Crippen LogP) is 3.60. The van der Waals surface area contributed by atoms with Crippen molar-refractivity contribution in [3.05, 3.63) is 66.4 Å². The molecule has 0 atom stereocenters. The van der Waals surface area contributed by atoms with Gasteiger partial charge in [-0.15, -0.1) is 0 Å². The van der Waals surface area contributed by atoms with E-state index in [4.69, 9.17) is 0 Å². The zero-order chi connectivity index (χ0) is 13.2. The van der Waals surface area contributed by atoms with Crippen molar-refractivity contribution >= 4 is 16.7 Å². The minimum atomic E-state index is -0.955. The number of carbonyl (C=O) groups is 1. The molecule has 0 saturated heterocycles. The average Bonchev–Trinajstić information content (AvgIpc) is 2.47. The molecule has 1 N–H and O–H groups in total. The number of aromatic carboxylic acids is 1. The van der Waals surface area contributed by atoms with E-state index in [0.717, 1.165) is 16.6 Å². The highest BCUT2D eigenvalue weighted by molar-refractivity contribution is 6.07. The number of pyridine rings is 1. The van der Waals surface area contributed by atoms with Gasteiger partial charge in [-0.25, -0.2) is 4.79 Å². The van der Waals surface area contributed by atoms with Crippen LogP contribution >= 0.6 is 0 Å². The van der Waals surface area contributed by atoms with E-state index in [1.807, 2.05) is 54.6 Å². The van der Waals surface area contributed by atoms with Gasteiger partial charge in [0.25, 0.3) is 0 Å². The van der Waals surface area contributed by atoms with E-state index in [1.165, 1.54) is 6.20 Å². The Morgan fingerprint density at radius 2 is 1.53 bits per heavy atom. The average molecular weight is 249 g/mol. The quantitative estimate of drug-likeness (QED) is 0.754. The van der Waals surface area contributed by atoms with Gasteiger partial charge in [-0.3, -0.25) is 4.98 Å². The fourth-order valence-electron chi connectivity index (χ4n) is 2.19. The highest BCUT2D eigenvalue weighted by atomic mass is 16.4. The van der Waals surface area contributed by atoms with Crippen LogP contribution in [0.15, 0.2) is 60.8 Å². The predicted molar refractivity (Wildman–Crippen MR) is 74.1 cm³/mol. The second-order valence-electron chi connectivity index (χ2n) is 4.24. The summed E-state index contributed by atoms with van der Waals surface area (Å²) in [7, 11) is 0. The third-order valence-electron chi connectivity index (χ3n) is 3.07. The first kappa shape index (κ1) is 11.4. The van der Waals surface area contributed by atoms with E-state index in [0.29, 0.717) is 5.39 Å². The molecule has 0 bridgehead atoms. The number of hydrogen-bond donors (Lipinski definition) is 1. The lowest BCUT2D eigenvalue weighted by atomic mass is 10.0. The first-order valence-corrected chi connectivity index (χ1v) is 5.94. The number of carboxylic acids is 1. The molecule has 1 aromatic heterocycles. The zero-order valence-corrected chi connectivity index (χ0v) is 10.1. The monoisotopic (exact) mass is 249 g/mol. The zero-order valence-electron chi connectivity index (χ0n) is 10.1. The SMILES string of the molecule is O=C(O)c1cnc(-c2ccccc2)c2ccccc12. The molecule has 0 amide bonds. The fourth-order valence-corrected chi connectivity index (χ4v) is 2.19. The molecule has 0 spiro atoms. The molecule has 1 heterocycles. The van der Waals surface area contributed by atoms with Crippen molar-refractivity contribution in [2.75, 3.05) is 0 Å². The number of benzene rings is 2. The van der Waals surface area contributed by atoms with Crippen LogP contribution in [-0.2, 0) is 0 Å². The molecule has 3 nitrogen and oxygen atoms in total. The van der Waals surface area contributed by atoms with Crippen molar-refractivity contribution < 1.29 is 9.90 Å². The molecule has 0 unspecified atom stereocenters. The lowest BCUT2D eigenvalue weighted by Crippen LogP contribution is -2.00. The Morgan fingerprint density at radius 3 is 2.21 bits per heavy atom. The van der Waals surface area contributed by atoms with Crippen molar-refractivity contribution in [2.24, 2.45) is 0 Å². The van der Waals surface area contributed by atoms with Crippen molar-refractivity contribution in [1.82, 2.24) is 4.98 Å². The Hall–Kier alpha value is -2.68. The van der Waals surface area contributed by atoms with Crippen LogP contribution in [0.25, 0.3) is 22.0 Å². The van der Waals surface area contributed by atoms with Crippen molar-refractivity contribution in [3.8, 4) is 11.3 Å². The van der Waals surface area contributed by atoms with E-state index in [-0.39, 0.29) is 5.56 Å². The maximum absolute atomic E-state index is 11.2. The highest BCUT2D eigenvalue weighted by Crippen LogP contribution is 2.28. The molecule has 92 valence electrons. The normalized spacial score (nSPS) is 10.5. The van der Waals surface area contributed by atoms with Gasteiger partial charge in [-0.1, -0.05) is 54.6 Å². The molecule has 3 rings (SSSR count). The molecule has 19 heavy (non-hydrogen) atoms. The number of fused-ring (bicyclic) bond motifs is 1. The molecule has 3 aromatic rings. The van der Waals surface area contributed by atoms with E-state index in [2.05, 4.69) is 4.98 Å². The van der Waals surface area contributed by atoms with Crippen LogP contribution in [0.5, 0.6) is 0 Å². The minimum absolute atomic E-state index is 0.232. The number of rotatable bonds is 2. The topological polar surface area (TPSA) is 50.2 Å². The molecular formula is C16H11NO2. The van der Waals surface area contributed by atoms with Crippen LogP contribution in [-0.4, -0.2) is 16.1 Å². The second-order valence-corrected chi connectivity index (χ2v) is 4.24. The minimum Gasteiger partial charge on any atom is -0.478 e. The van der Waals surface area contributed by atoms with Gasteiger partial charge < -0.3 is 5.11 Å². The van der Waals surface area contributed by atoms with Gasteiger partial charge in [-0.05, 0) is 5.39 Å². The molecule has 0 saturated carbocycles. The third-order valence-corrected chi connectivity index (χ3v) is 3.07. The fraction of sp³-hybridized carbons (Fsp3) is 0. The van der Waals surface area contributed by atoms with Crippen molar-refractivity contribution in [2.45, 2.75) is 0 Å². The van der Waals surface area contributed by atoms with Crippen LogP contribution in [0, 0.1) is 0 Å². The maximum Gasteiger partial charge on any atom is 0.337 e. The standard InChI is InChI=1S/C16H11NO2/c18-16(19)14-10-17-15(11-6-2-1-3-7-11)13-9-5-4-8-12(13)14/h1-10H,(H,18,19). The highest BCUT2D eigenvalue weighted by Gasteiger charge is 2.12. The Morgan fingerprint density at radius 1 is 0.895 bits per heavy atom. The molecule has 0 fully saturated rings. The maximum atomic E-state index is 11.2. The summed E-state index contributed by atoms with van der Waals surface area (Å²) in [5.41, 5.74) is 2.02. The van der Waals surface area contributed by atoms with Gasteiger partial charge in [0.2, 0.25) is 0 Å².